The molecule has 6 atom stereocenters. The fourth-order valence-corrected chi connectivity index (χ4v) is 13.4. The van der Waals surface area contributed by atoms with Crippen molar-refractivity contribution in [3.05, 3.63) is 0 Å². The maximum absolute atomic E-state index is 13.1. The summed E-state index contributed by atoms with van der Waals surface area (Å²) in [5.41, 5.74) is 0. The zero-order chi connectivity index (χ0) is 70.7. The Morgan fingerprint density at radius 1 is 0.302 bits per heavy atom. The van der Waals surface area contributed by atoms with E-state index >= 15 is 0 Å². The SMILES string of the molecule is CCCCCCCCCCCCCCCCC(=O)O[C@H](COC(=O)CCCCCCCCCCCCCC)COP(=O)(O)OC[C@H](O)COP(=O)(O)OC[C@@H](COC(=O)CCCCCCCCCCCCC(C)CC)OC(=O)CCCCCCCCCCCCCCCC(C)C. The van der Waals surface area contributed by atoms with Gasteiger partial charge in [-0.15, -0.1) is 0 Å². The summed E-state index contributed by atoms with van der Waals surface area (Å²) in [5.74, 6) is -0.515. The van der Waals surface area contributed by atoms with E-state index in [0.29, 0.717) is 25.7 Å². The van der Waals surface area contributed by atoms with Crippen LogP contribution in [-0.2, 0) is 65.4 Å². The van der Waals surface area contributed by atoms with E-state index in [4.69, 9.17) is 37.0 Å². The topological polar surface area (TPSA) is 237 Å². The predicted molar refractivity (Wildman–Crippen MR) is 391 cm³/mol. The molecule has 0 aromatic rings. The number of hydrogen-bond donors (Lipinski definition) is 3. The molecular weight excluding hydrogens is 1260 g/mol. The Kier molecular flexibility index (Phi) is 67.4. The molecular formula is C77H150O17P2. The molecule has 0 amide bonds. The lowest BCUT2D eigenvalue weighted by atomic mass is 9.99. The van der Waals surface area contributed by atoms with Gasteiger partial charge in [0.15, 0.2) is 12.2 Å². The first-order chi connectivity index (χ1) is 46.4. The standard InChI is InChI=1S/C77H150O17P2/c1-7-10-12-14-16-18-20-22-25-29-37-43-49-55-61-76(81)93-72(65-87-74(79)59-53-47-41-35-28-21-19-17-15-13-11-8-2)67-91-95(83,84)89-63-71(78)64-90-96(85,86)92-68-73(66-88-75(80)60-54-48-42-36-32-31-34-40-46-52-58-70(6)9-3)94-77(82)62-56-50-44-38-30-26-23-24-27-33-39-45-51-57-69(4)5/h69-73,78H,7-68H2,1-6H3,(H,83,84)(H,85,86)/t70?,71-,72+,73+/m0/s1. The van der Waals surface area contributed by atoms with Gasteiger partial charge in [-0.3, -0.25) is 37.3 Å². The Hall–Kier alpha value is -1.94. The Bertz CT molecular complexity index is 1860. The normalized spacial score (nSPS) is 14.3. The molecule has 0 radical (unpaired) electrons. The predicted octanol–water partition coefficient (Wildman–Crippen LogP) is 22.7. The smallest absolute Gasteiger partial charge is 0.462 e. The van der Waals surface area contributed by atoms with Crippen LogP contribution in [0.5, 0.6) is 0 Å². The molecule has 19 heteroatoms. The third-order valence-corrected chi connectivity index (χ3v) is 20.2. The quantitative estimate of drug-likeness (QED) is 0.0222. The number of aliphatic hydroxyl groups is 1. The summed E-state index contributed by atoms with van der Waals surface area (Å²) >= 11 is 0. The molecule has 0 aliphatic rings. The van der Waals surface area contributed by atoms with Crippen molar-refractivity contribution in [2.75, 3.05) is 39.6 Å². The van der Waals surface area contributed by atoms with Crippen molar-refractivity contribution in [3.63, 3.8) is 0 Å². The van der Waals surface area contributed by atoms with Crippen LogP contribution < -0.4 is 0 Å². The van der Waals surface area contributed by atoms with E-state index < -0.39 is 97.5 Å². The molecule has 17 nitrogen and oxygen atoms in total. The molecule has 3 unspecified atom stereocenters. The average Bonchev–Trinajstić information content (AvgIpc) is 1.19. The molecule has 0 aromatic heterocycles. The first-order valence-electron chi connectivity index (χ1n) is 40.0. The summed E-state index contributed by atoms with van der Waals surface area (Å²) in [5, 5.41) is 10.6. The molecule has 0 saturated carbocycles. The van der Waals surface area contributed by atoms with Crippen molar-refractivity contribution in [3.8, 4) is 0 Å². The van der Waals surface area contributed by atoms with Gasteiger partial charge in [0.2, 0.25) is 0 Å². The maximum atomic E-state index is 13.1. The minimum absolute atomic E-state index is 0.107. The van der Waals surface area contributed by atoms with Gasteiger partial charge in [-0.1, -0.05) is 350 Å². The van der Waals surface area contributed by atoms with Crippen LogP contribution in [0.15, 0.2) is 0 Å². The van der Waals surface area contributed by atoms with Gasteiger partial charge in [-0.25, -0.2) is 9.13 Å². The summed E-state index contributed by atoms with van der Waals surface area (Å²) in [6, 6.07) is 0. The van der Waals surface area contributed by atoms with Crippen LogP contribution in [0.25, 0.3) is 0 Å². The highest BCUT2D eigenvalue weighted by molar-refractivity contribution is 7.47. The molecule has 570 valence electrons. The van der Waals surface area contributed by atoms with Crippen molar-refractivity contribution in [2.45, 2.75) is 419 Å². The van der Waals surface area contributed by atoms with Crippen LogP contribution in [0.3, 0.4) is 0 Å². The number of aliphatic hydroxyl groups excluding tert-OH is 1. The van der Waals surface area contributed by atoms with E-state index in [1.165, 1.54) is 218 Å². The molecule has 0 heterocycles. The van der Waals surface area contributed by atoms with E-state index in [2.05, 4.69) is 41.5 Å². The summed E-state index contributed by atoms with van der Waals surface area (Å²) in [6.45, 7) is 9.66. The molecule has 0 spiro atoms. The van der Waals surface area contributed by atoms with E-state index in [1.807, 2.05) is 0 Å². The van der Waals surface area contributed by atoms with Crippen molar-refractivity contribution in [1.82, 2.24) is 0 Å². The highest BCUT2D eigenvalue weighted by Crippen LogP contribution is 2.45. The Balaban J connectivity index is 5.27. The molecule has 0 fully saturated rings. The maximum Gasteiger partial charge on any atom is 0.472 e. The van der Waals surface area contributed by atoms with E-state index in [1.54, 1.807) is 0 Å². The molecule has 3 N–H and O–H groups in total. The van der Waals surface area contributed by atoms with Crippen LogP contribution in [0.4, 0.5) is 0 Å². The van der Waals surface area contributed by atoms with Crippen LogP contribution in [0, 0.1) is 11.8 Å². The number of ether oxygens (including phenoxy) is 4. The Morgan fingerprint density at radius 3 is 0.792 bits per heavy atom. The fourth-order valence-electron chi connectivity index (χ4n) is 11.8. The molecule has 0 aromatic carbocycles. The van der Waals surface area contributed by atoms with Gasteiger partial charge in [0.1, 0.15) is 19.3 Å². The van der Waals surface area contributed by atoms with Gasteiger partial charge >= 0.3 is 39.5 Å². The van der Waals surface area contributed by atoms with Gasteiger partial charge in [-0.05, 0) is 37.5 Å². The first-order valence-corrected chi connectivity index (χ1v) is 43.0. The molecule has 0 saturated heterocycles. The number of esters is 4. The van der Waals surface area contributed by atoms with Crippen molar-refractivity contribution < 1.29 is 80.2 Å². The minimum Gasteiger partial charge on any atom is -0.462 e. The van der Waals surface area contributed by atoms with Crippen LogP contribution in [0.2, 0.25) is 0 Å². The second kappa shape index (κ2) is 68.8. The van der Waals surface area contributed by atoms with Gasteiger partial charge in [0.05, 0.1) is 26.4 Å². The fraction of sp³-hybridized carbons (Fsp3) is 0.948. The van der Waals surface area contributed by atoms with Crippen molar-refractivity contribution in [1.29, 1.82) is 0 Å². The van der Waals surface area contributed by atoms with E-state index in [0.717, 1.165) is 102 Å². The number of rotatable bonds is 76. The van der Waals surface area contributed by atoms with E-state index in [-0.39, 0.29) is 25.7 Å². The monoisotopic (exact) mass is 1410 g/mol. The second-order valence-corrected chi connectivity index (χ2v) is 31.4. The van der Waals surface area contributed by atoms with Crippen LogP contribution in [-0.4, -0.2) is 96.7 Å². The zero-order valence-electron chi connectivity index (χ0n) is 62.7. The highest BCUT2D eigenvalue weighted by atomic mass is 31.2. The largest absolute Gasteiger partial charge is 0.472 e. The third-order valence-electron chi connectivity index (χ3n) is 18.3. The minimum atomic E-state index is -4.96. The molecule has 0 rings (SSSR count). The number of carbonyl (C=O) groups is 4. The van der Waals surface area contributed by atoms with Gasteiger partial charge in [-0.2, -0.15) is 0 Å². The summed E-state index contributed by atoms with van der Waals surface area (Å²) < 4.78 is 68.6. The lowest BCUT2D eigenvalue weighted by Gasteiger charge is -2.21. The lowest BCUT2D eigenvalue weighted by molar-refractivity contribution is -0.161. The number of hydrogen-bond acceptors (Lipinski definition) is 15. The number of phosphoric acid groups is 2. The van der Waals surface area contributed by atoms with Gasteiger partial charge < -0.3 is 33.8 Å². The summed E-state index contributed by atoms with van der Waals surface area (Å²) in [7, 11) is -9.91. The van der Waals surface area contributed by atoms with Crippen LogP contribution >= 0.6 is 15.6 Å². The molecule has 0 aliphatic carbocycles. The Morgan fingerprint density at radius 2 is 0.531 bits per heavy atom. The van der Waals surface area contributed by atoms with Crippen LogP contribution in [0.1, 0.15) is 401 Å². The molecule has 0 bridgehead atoms. The highest BCUT2D eigenvalue weighted by Gasteiger charge is 2.30. The Labute approximate surface area is 588 Å². The summed E-state index contributed by atoms with van der Waals surface area (Å²) in [4.78, 5) is 72.9. The number of carbonyl (C=O) groups excluding carboxylic acids is 4. The second-order valence-electron chi connectivity index (χ2n) is 28.5. The van der Waals surface area contributed by atoms with Crippen molar-refractivity contribution in [2.24, 2.45) is 11.8 Å². The summed E-state index contributed by atoms with van der Waals surface area (Å²) in [6.07, 6.45) is 56.6. The molecule has 0 aliphatic heterocycles. The lowest BCUT2D eigenvalue weighted by Crippen LogP contribution is -2.30. The van der Waals surface area contributed by atoms with E-state index in [9.17, 15) is 43.2 Å². The van der Waals surface area contributed by atoms with Gasteiger partial charge in [0.25, 0.3) is 0 Å². The van der Waals surface area contributed by atoms with Crippen molar-refractivity contribution >= 4 is 39.5 Å². The zero-order valence-corrected chi connectivity index (χ0v) is 64.5. The number of unbranched alkanes of at least 4 members (excludes halogenated alkanes) is 45. The first kappa shape index (κ1) is 94.1. The number of phosphoric ester groups is 2. The molecule has 96 heavy (non-hydrogen) atoms. The average molecular weight is 1410 g/mol. The third kappa shape index (κ3) is 69.2. The van der Waals surface area contributed by atoms with Gasteiger partial charge in [0, 0.05) is 25.7 Å².